The highest BCUT2D eigenvalue weighted by Gasteiger charge is 2.49. The lowest BCUT2D eigenvalue weighted by Gasteiger charge is -2.33. The first-order chi connectivity index (χ1) is 36.0. The van der Waals surface area contributed by atoms with Crippen LogP contribution in [0.1, 0.15) is 47.2 Å². The largest absolute Gasteiger partial charge is 0.460 e. The van der Waals surface area contributed by atoms with E-state index in [2.05, 4.69) is 13.5 Å². The molecule has 2 aliphatic heterocycles. The minimum absolute atomic E-state index is 0.327. The maximum Gasteiger partial charge on any atom is 0.460 e. The van der Waals surface area contributed by atoms with E-state index >= 15 is 0 Å². The summed E-state index contributed by atoms with van der Waals surface area (Å²) in [5.74, 6) is -2.68. The number of benzene rings is 6. The number of nitrogens with zero attached hydrogens (tertiary/aromatic N) is 3. The van der Waals surface area contributed by atoms with Gasteiger partial charge >= 0.3 is 53.9 Å². The van der Waals surface area contributed by atoms with Gasteiger partial charge in [0.2, 0.25) is 6.79 Å². The van der Waals surface area contributed by atoms with Gasteiger partial charge in [-0.15, -0.1) is 9.03 Å². The Morgan fingerprint density at radius 2 is 0.701 bits per heavy atom. The van der Waals surface area contributed by atoms with Gasteiger partial charge in [0.25, 0.3) is 0 Å². The van der Waals surface area contributed by atoms with Crippen LogP contribution in [0.2, 0.25) is 0 Å². The maximum atomic E-state index is 14.0. The minimum Gasteiger partial charge on any atom is -0.454 e. The van der Waals surface area contributed by atoms with Crippen LogP contribution < -0.4 is 32.1 Å². The lowest BCUT2D eigenvalue weighted by molar-refractivity contribution is -0.138. The van der Waals surface area contributed by atoms with Crippen LogP contribution in [0.15, 0.2) is 153 Å². The molecule has 8 rings (SSSR count). The van der Waals surface area contributed by atoms with E-state index < -0.39 is 117 Å². The van der Waals surface area contributed by atoms with Crippen molar-refractivity contribution in [3.63, 3.8) is 0 Å². The summed E-state index contributed by atoms with van der Waals surface area (Å²) in [7, 11) is -16.0. The summed E-state index contributed by atoms with van der Waals surface area (Å²) in [6, 6.07) is 18.7. The molecule has 2 aliphatic rings. The van der Waals surface area contributed by atoms with Crippen LogP contribution in [-0.4, -0.2) is 20.0 Å². The van der Waals surface area contributed by atoms with Gasteiger partial charge in [-0.05, 0) is 123 Å². The van der Waals surface area contributed by atoms with E-state index in [1.165, 1.54) is 6.92 Å². The molecule has 0 aromatic heterocycles. The third-order valence-corrected chi connectivity index (χ3v) is 18.1. The average molecular weight is 1170 g/mol. The Balaban J connectivity index is 0.000000573. The lowest BCUT2D eigenvalue weighted by Crippen LogP contribution is -2.12. The predicted octanol–water partition coefficient (Wildman–Crippen LogP) is 18.3. The quantitative estimate of drug-likeness (QED) is 0.0731. The standard InChI is InChI=1S/C37H25F15N3O6P3.C10H12O3/c1-2-56-62(57-28-13-3-8-23(18-28)33(38,39)40)53-63(58-29-14-4-9-24(19-29)34(41,42)43,59-30-15-5-10-25(20-30)35(44,45)46)55-64(54-62,60-31-16-6-11-26(21-31)36(47,48)49)61-32-17-7-12-27(22-32)37(50,51)52;1-2-11-6-8-3-4-9-10(5-8)13-7-12-9/h3-22H,2H2,1H3;3-5H,2,6-7H2,1H3. The molecular formula is C47H37F15N3O9P3. The number of hydrogen-bond acceptors (Lipinski definition) is 12. The molecule has 0 bridgehead atoms. The first-order valence-electron chi connectivity index (χ1n) is 21.9. The van der Waals surface area contributed by atoms with Crippen molar-refractivity contribution >= 4 is 23.0 Å². The Kier molecular flexibility index (Phi) is 17.2. The first kappa shape index (κ1) is 58.2. The van der Waals surface area contributed by atoms with Crippen LogP contribution >= 0.6 is 23.0 Å². The van der Waals surface area contributed by atoms with Crippen LogP contribution in [-0.2, 0) is 46.7 Å². The summed E-state index contributed by atoms with van der Waals surface area (Å²) in [5, 5.41) is 0. The Bertz CT molecular complexity index is 2990. The van der Waals surface area contributed by atoms with Crippen molar-refractivity contribution in [1.82, 2.24) is 0 Å². The van der Waals surface area contributed by atoms with Crippen molar-refractivity contribution in [2.75, 3.05) is 20.0 Å². The lowest BCUT2D eigenvalue weighted by atomic mass is 10.2. The predicted molar refractivity (Wildman–Crippen MR) is 248 cm³/mol. The smallest absolute Gasteiger partial charge is 0.454 e. The fourth-order valence-corrected chi connectivity index (χ4v) is 15.6. The summed E-state index contributed by atoms with van der Waals surface area (Å²) >= 11 is 0. The van der Waals surface area contributed by atoms with Crippen molar-refractivity contribution in [3.05, 3.63) is 173 Å². The van der Waals surface area contributed by atoms with Crippen molar-refractivity contribution in [2.24, 2.45) is 13.5 Å². The zero-order valence-corrected chi connectivity index (χ0v) is 41.8. The number of rotatable bonds is 15. The molecule has 77 heavy (non-hydrogen) atoms. The van der Waals surface area contributed by atoms with Gasteiger partial charge in [0.15, 0.2) is 11.5 Å². The molecular weight excluding hydrogens is 1130 g/mol. The van der Waals surface area contributed by atoms with Gasteiger partial charge in [-0.1, -0.05) is 40.9 Å². The van der Waals surface area contributed by atoms with Gasteiger partial charge in [-0.25, -0.2) is 0 Å². The zero-order valence-electron chi connectivity index (χ0n) is 39.1. The molecule has 6 aromatic carbocycles. The number of alkyl halides is 15. The van der Waals surface area contributed by atoms with E-state index in [9.17, 15) is 65.9 Å². The fourth-order valence-electron chi connectivity index (χ4n) is 6.53. The number of hydrogen-bond donors (Lipinski definition) is 0. The third kappa shape index (κ3) is 15.4. The molecule has 0 radical (unpaired) electrons. The van der Waals surface area contributed by atoms with Crippen molar-refractivity contribution in [2.45, 2.75) is 51.3 Å². The van der Waals surface area contributed by atoms with E-state index in [1.54, 1.807) is 0 Å². The van der Waals surface area contributed by atoms with Gasteiger partial charge in [0.05, 0.1) is 41.0 Å². The van der Waals surface area contributed by atoms with Crippen molar-refractivity contribution < 1.29 is 107 Å². The van der Waals surface area contributed by atoms with Crippen LogP contribution in [0.25, 0.3) is 0 Å². The Labute approximate surface area is 427 Å². The summed E-state index contributed by atoms with van der Waals surface area (Å²) in [6.07, 6.45) is -25.4. The topological polar surface area (TPSA) is 120 Å². The van der Waals surface area contributed by atoms with Crippen molar-refractivity contribution in [3.8, 4) is 40.2 Å². The van der Waals surface area contributed by atoms with Gasteiger partial charge in [-0.2, -0.15) is 65.9 Å². The maximum absolute atomic E-state index is 14.0. The van der Waals surface area contributed by atoms with Gasteiger partial charge in [0, 0.05) is 6.61 Å². The summed E-state index contributed by atoms with van der Waals surface area (Å²) in [4.78, 5) is 0. The van der Waals surface area contributed by atoms with E-state index in [0.29, 0.717) is 74.1 Å². The number of ether oxygens (including phenoxy) is 3. The first-order valence-corrected chi connectivity index (χ1v) is 26.5. The molecule has 0 fully saturated rings. The van der Waals surface area contributed by atoms with E-state index in [4.69, 9.17) is 41.4 Å². The summed E-state index contributed by atoms with van der Waals surface area (Å²) in [5.41, 5.74) is -5.86. The second-order valence-electron chi connectivity index (χ2n) is 15.6. The molecule has 0 aliphatic carbocycles. The van der Waals surface area contributed by atoms with Crippen LogP contribution in [0.4, 0.5) is 65.9 Å². The molecule has 0 N–H and O–H groups in total. The highest BCUT2D eigenvalue weighted by atomic mass is 31.3. The van der Waals surface area contributed by atoms with E-state index in [0.717, 1.165) is 84.3 Å². The molecule has 2 heterocycles. The molecule has 0 saturated heterocycles. The molecule has 414 valence electrons. The van der Waals surface area contributed by atoms with Gasteiger partial charge in [-0.3, -0.25) is 4.52 Å². The number of halogens is 15. The van der Waals surface area contributed by atoms with Gasteiger partial charge in [0.1, 0.15) is 28.7 Å². The van der Waals surface area contributed by atoms with E-state index in [1.807, 2.05) is 25.1 Å². The number of fused-ring (bicyclic) bond motifs is 1. The van der Waals surface area contributed by atoms with Crippen LogP contribution in [0.5, 0.6) is 40.2 Å². The highest BCUT2D eigenvalue weighted by Crippen LogP contribution is 2.79. The molecule has 0 saturated carbocycles. The normalized spacial score (nSPS) is 16.8. The molecule has 1 unspecified atom stereocenters. The molecule has 6 aromatic rings. The van der Waals surface area contributed by atoms with Crippen LogP contribution in [0, 0.1) is 0 Å². The average Bonchev–Trinajstić information content (AvgIpc) is 3.84. The monoisotopic (exact) mass is 1170 g/mol. The second-order valence-corrected chi connectivity index (χ2v) is 21.8. The second kappa shape index (κ2) is 22.8. The molecule has 12 nitrogen and oxygen atoms in total. The molecule has 1 atom stereocenters. The Hall–Kier alpha value is -6.52. The molecule has 0 amide bonds. The zero-order chi connectivity index (χ0) is 56.1. The van der Waals surface area contributed by atoms with Crippen LogP contribution in [0.3, 0.4) is 0 Å². The summed E-state index contributed by atoms with van der Waals surface area (Å²) in [6.45, 7) is 4.26. The SMILES string of the molecule is CCOCc1ccc2c(c1)OCO2.CCOP1(Oc2cccc(C(F)(F)F)c2)=NP(Oc2cccc(C(F)(F)F)c2)(Oc2cccc(C(F)(F)F)c2)=NP(Oc2cccc(C(F)(F)F)c2)(Oc2cccc(C(F)(F)F)c2)=N1. The fraction of sp³-hybridized carbons (Fsp3) is 0.234. The molecule has 30 heteroatoms. The van der Waals surface area contributed by atoms with Gasteiger partial charge < -0.3 is 36.8 Å². The minimum atomic E-state index is -5.44. The highest BCUT2D eigenvalue weighted by molar-refractivity contribution is 7.79. The summed E-state index contributed by atoms with van der Waals surface area (Å²) < 4.78 is 274. The Morgan fingerprint density at radius 3 is 1.03 bits per heavy atom. The Morgan fingerprint density at radius 1 is 0.390 bits per heavy atom. The molecule has 0 spiro atoms. The van der Waals surface area contributed by atoms with Crippen molar-refractivity contribution in [1.29, 1.82) is 0 Å². The third-order valence-electron chi connectivity index (χ3n) is 9.81. The van der Waals surface area contributed by atoms with E-state index in [-0.39, 0.29) is 0 Å².